The fraction of sp³-hybridized carbons (Fsp3) is 0.0833. The Morgan fingerprint density at radius 3 is 2.28 bits per heavy atom. The number of hydrogen-bond donors (Lipinski definition) is 0. The molecule has 0 radical (unpaired) electrons. The van der Waals surface area contributed by atoms with Crippen molar-refractivity contribution in [3.8, 4) is 34.0 Å². The van der Waals surface area contributed by atoms with Crippen LogP contribution in [0.25, 0.3) is 28.2 Å². The minimum Gasteiger partial charge on any atom is -0.482 e. The number of carbonyl (C=O) groups excluding carboxylic acids is 1. The van der Waals surface area contributed by atoms with Crippen molar-refractivity contribution in [3.05, 3.63) is 91.3 Å². The van der Waals surface area contributed by atoms with Gasteiger partial charge in [-0.25, -0.2) is 9.78 Å². The first-order chi connectivity index (χ1) is 14.3. The van der Waals surface area contributed by atoms with Crippen molar-refractivity contribution < 1.29 is 14.3 Å². The Labute approximate surface area is 169 Å². The lowest BCUT2D eigenvalue weighted by Crippen LogP contribution is -2.12. The van der Waals surface area contributed by atoms with E-state index in [4.69, 9.17) is 9.72 Å². The summed E-state index contributed by atoms with van der Waals surface area (Å²) in [4.78, 5) is 16.1. The van der Waals surface area contributed by atoms with E-state index in [1.165, 1.54) is 7.11 Å². The SMILES string of the molecule is COC(=O)COc1cccc(-n2cnc(-c3ccccc3)c2-c2ccccc2)c1. The van der Waals surface area contributed by atoms with Gasteiger partial charge in [0, 0.05) is 17.2 Å². The van der Waals surface area contributed by atoms with Crippen LogP contribution >= 0.6 is 0 Å². The number of esters is 1. The highest BCUT2D eigenvalue weighted by atomic mass is 16.6. The van der Waals surface area contributed by atoms with Crippen molar-refractivity contribution >= 4 is 5.97 Å². The van der Waals surface area contributed by atoms with Crippen LogP contribution in [0.5, 0.6) is 5.75 Å². The maximum atomic E-state index is 11.4. The highest BCUT2D eigenvalue weighted by Crippen LogP contribution is 2.33. The van der Waals surface area contributed by atoms with Crippen molar-refractivity contribution in [2.75, 3.05) is 13.7 Å². The van der Waals surface area contributed by atoms with Gasteiger partial charge in [0.1, 0.15) is 12.1 Å². The Hall–Kier alpha value is -3.86. The van der Waals surface area contributed by atoms with E-state index in [1.54, 1.807) is 0 Å². The molecule has 29 heavy (non-hydrogen) atoms. The number of methoxy groups -OCH3 is 1. The zero-order valence-electron chi connectivity index (χ0n) is 16.0. The number of benzene rings is 3. The minimum absolute atomic E-state index is 0.134. The monoisotopic (exact) mass is 384 g/mol. The highest BCUT2D eigenvalue weighted by molar-refractivity contribution is 5.80. The summed E-state index contributed by atoms with van der Waals surface area (Å²) in [6.07, 6.45) is 1.81. The van der Waals surface area contributed by atoms with E-state index in [-0.39, 0.29) is 6.61 Å². The van der Waals surface area contributed by atoms with Gasteiger partial charge in [-0.2, -0.15) is 0 Å². The number of carbonyl (C=O) groups is 1. The van der Waals surface area contributed by atoms with Gasteiger partial charge in [0.05, 0.1) is 24.2 Å². The predicted octanol–water partition coefficient (Wildman–Crippen LogP) is 4.76. The molecule has 0 atom stereocenters. The van der Waals surface area contributed by atoms with Crippen molar-refractivity contribution in [3.63, 3.8) is 0 Å². The summed E-state index contributed by atoms with van der Waals surface area (Å²) < 4.78 is 12.2. The van der Waals surface area contributed by atoms with Gasteiger partial charge >= 0.3 is 5.97 Å². The Morgan fingerprint density at radius 1 is 0.897 bits per heavy atom. The molecule has 0 fully saturated rings. The molecular formula is C24H20N2O3. The molecule has 4 aromatic rings. The molecule has 0 aliphatic rings. The predicted molar refractivity (Wildman–Crippen MR) is 112 cm³/mol. The van der Waals surface area contributed by atoms with Gasteiger partial charge in [0.25, 0.3) is 0 Å². The molecule has 1 aromatic heterocycles. The molecule has 144 valence electrons. The Kier molecular flexibility index (Phi) is 5.38. The van der Waals surface area contributed by atoms with Crippen LogP contribution in [0.15, 0.2) is 91.3 Å². The highest BCUT2D eigenvalue weighted by Gasteiger charge is 2.16. The molecule has 0 saturated heterocycles. The number of aromatic nitrogens is 2. The second-order valence-electron chi connectivity index (χ2n) is 6.41. The number of nitrogens with zero attached hydrogens (tertiary/aromatic N) is 2. The first-order valence-electron chi connectivity index (χ1n) is 9.24. The molecule has 0 amide bonds. The zero-order valence-corrected chi connectivity index (χ0v) is 16.0. The molecule has 0 aliphatic heterocycles. The lowest BCUT2D eigenvalue weighted by molar-refractivity contribution is -0.142. The summed E-state index contributed by atoms with van der Waals surface area (Å²) in [5.41, 5.74) is 4.88. The van der Waals surface area contributed by atoms with Crippen LogP contribution in [0.3, 0.4) is 0 Å². The molecule has 0 aliphatic carbocycles. The molecule has 0 spiro atoms. The molecule has 0 unspecified atom stereocenters. The first kappa shape index (κ1) is 18.5. The topological polar surface area (TPSA) is 53.4 Å². The van der Waals surface area contributed by atoms with Crippen LogP contribution in [0.4, 0.5) is 0 Å². The molecule has 4 rings (SSSR count). The Morgan fingerprint density at radius 2 is 1.59 bits per heavy atom. The normalized spacial score (nSPS) is 10.5. The average Bonchev–Trinajstić information content (AvgIpc) is 3.24. The van der Waals surface area contributed by atoms with Gasteiger partial charge in [-0.15, -0.1) is 0 Å². The van der Waals surface area contributed by atoms with Crippen molar-refractivity contribution in [2.24, 2.45) is 0 Å². The van der Waals surface area contributed by atoms with Crippen LogP contribution in [0.2, 0.25) is 0 Å². The lowest BCUT2D eigenvalue weighted by Gasteiger charge is -2.12. The molecule has 5 nitrogen and oxygen atoms in total. The summed E-state index contributed by atoms with van der Waals surface area (Å²) in [6, 6.07) is 27.8. The van der Waals surface area contributed by atoms with E-state index in [0.717, 1.165) is 28.2 Å². The Bertz CT molecular complexity index is 1110. The minimum atomic E-state index is -0.422. The van der Waals surface area contributed by atoms with E-state index < -0.39 is 5.97 Å². The van der Waals surface area contributed by atoms with E-state index in [0.29, 0.717) is 5.75 Å². The van der Waals surface area contributed by atoms with Crippen molar-refractivity contribution in [1.82, 2.24) is 9.55 Å². The van der Waals surface area contributed by atoms with Crippen LogP contribution in [-0.4, -0.2) is 29.2 Å². The fourth-order valence-corrected chi connectivity index (χ4v) is 3.15. The molecule has 5 heteroatoms. The van der Waals surface area contributed by atoms with E-state index in [1.807, 2.05) is 71.6 Å². The molecule has 0 bridgehead atoms. The Balaban J connectivity index is 1.79. The van der Waals surface area contributed by atoms with Gasteiger partial charge in [-0.05, 0) is 12.1 Å². The van der Waals surface area contributed by atoms with Gasteiger partial charge in [-0.1, -0.05) is 66.7 Å². The zero-order chi connectivity index (χ0) is 20.1. The second-order valence-corrected chi connectivity index (χ2v) is 6.41. The maximum absolute atomic E-state index is 11.4. The fourth-order valence-electron chi connectivity index (χ4n) is 3.15. The molecule has 1 heterocycles. The van der Waals surface area contributed by atoms with Crippen molar-refractivity contribution in [2.45, 2.75) is 0 Å². The molecular weight excluding hydrogens is 364 g/mol. The third kappa shape index (κ3) is 4.04. The van der Waals surface area contributed by atoms with Gasteiger partial charge in [0.2, 0.25) is 0 Å². The number of hydrogen-bond acceptors (Lipinski definition) is 4. The van der Waals surface area contributed by atoms with Crippen LogP contribution in [0, 0.1) is 0 Å². The molecule has 0 saturated carbocycles. The summed E-state index contributed by atoms with van der Waals surface area (Å²) in [5, 5.41) is 0. The number of ether oxygens (including phenoxy) is 2. The summed E-state index contributed by atoms with van der Waals surface area (Å²) in [5.74, 6) is 0.163. The molecule has 0 N–H and O–H groups in total. The van der Waals surface area contributed by atoms with E-state index >= 15 is 0 Å². The number of rotatable bonds is 6. The third-order valence-electron chi connectivity index (χ3n) is 4.54. The lowest BCUT2D eigenvalue weighted by atomic mass is 10.0. The van der Waals surface area contributed by atoms with Gasteiger partial charge < -0.3 is 9.47 Å². The van der Waals surface area contributed by atoms with Gasteiger partial charge in [-0.3, -0.25) is 4.57 Å². The van der Waals surface area contributed by atoms with E-state index in [9.17, 15) is 4.79 Å². The molecule has 3 aromatic carbocycles. The van der Waals surface area contributed by atoms with Crippen LogP contribution < -0.4 is 4.74 Å². The quantitative estimate of drug-likeness (QED) is 0.450. The smallest absolute Gasteiger partial charge is 0.343 e. The largest absolute Gasteiger partial charge is 0.482 e. The first-order valence-corrected chi connectivity index (χ1v) is 9.24. The van der Waals surface area contributed by atoms with Crippen molar-refractivity contribution in [1.29, 1.82) is 0 Å². The summed E-state index contributed by atoms with van der Waals surface area (Å²) in [6.45, 7) is -0.134. The summed E-state index contributed by atoms with van der Waals surface area (Å²) in [7, 11) is 1.34. The third-order valence-corrected chi connectivity index (χ3v) is 4.54. The van der Waals surface area contributed by atoms with Crippen LogP contribution in [0.1, 0.15) is 0 Å². The second kappa shape index (κ2) is 8.44. The number of imidazole rings is 1. The van der Waals surface area contributed by atoms with E-state index in [2.05, 4.69) is 29.0 Å². The summed E-state index contributed by atoms with van der Waals surface area (Å²) >= 11 is 0. The standard InChI is InChI=1S/C24H20N2O3/c1-28-22(27)16-29-21-14-8-13-20(15-21)26-17-25-23(18-9-4-2-5-10-18)24(26)19-11-6-3-7-12-19/h2-15,17H,16H2,1H3. The van der Waals surface area contributed by atoms with Crippen LogP contribution in [-0.2, 0) is 9.53 Å². The average molecular weight is 384 g/mol. The maximum Gasteiger partial charge on any atom is 0.343 e. The van der Waals surface area contributed by atoms with Gasteiger partial charge in [0.15, 0.2) is 6.61 Å².